The highest BCUT2D eigenvalue weighted by Crippen LogP contribution is 2.21. The number of halogens is 1. The number of aromatic nitrogens is 2. The lowest BCUT2D eigenvalue weighted by molar-refractivity contribution is 1.22. The van der Waals surface area contributed by atoms with E-state index in [1.807, 2.05) is 49.4 Å². The normalized spacial score (nSPS) is 10.6. The van der Waals surface area contributed by atoms with Crippen molar-refractivity contribution < 1.29 is 0 Å². The molecule has 4 heteroatoms. The van der Waals surface area contributed by atoms with Gasteiger partial charge in [0, 0.05) is 28.0 Å². The molecule has 2 aromatic heterocycles. The van der Waals surface area contributed by atoms with E-state index in [4.69, 9.17) is 11.6 Å². The second kappa shape index (κ2) is 4.86. The summed E-state index contributed by atoms with van der Waals surface area (Å²) < 4.78 is 0. The molecule has 0 unspecified atom stereocenters. The number of anilines is 2. The molecular formula is C15H12ClN3. The topological polar surface area (TPSA) is 37.8 Å². The van der Waals surface area contributed by atoms with Gasteiger partial charge in [0.25, 0.3) is 0 Å². The lowest BCUT2D eigenvalue weighted by Gasteiger charge is -2.07. The Bertz CT molecular complexity index is 723. The maximum Gasteiger partial charge on any atom is 0.131 e. The van der Waals surface area contributed by atoms with Crippen LogP contribution in [0.25, 0.3) is 10.9 Å². The van der Waals surface area contributed by atoms with E-state index < -0.39 is 0 Å². The molecule has 3 aromatic rings. The van der Waals surface area contributed by atoms with Crippen LogP contribution in [0.4, 0.5) is 11.5 Å². The van der Waals surface area contributed by atoms with Crippen molar-refractivity contribution in [1.82, 2.24) is 9.97 Å². The maximum atomic E-state index is 5.86. The number of nitrogens with zero attached hydrogens (tertiary/aromatic N) is 2. The van der Waals surface area contributed by atoms with Crippen LogP contribution in [0, 0.1) is 6.92 Å². The minimum absolute atomic E-state index is 0.721. The standard InChI is InChI=1S/C15H12ClN3/c1-10-13-6-7-15(19-14(13)8-9-17-10)18-12-4-2-11(16)3-5-12/h2-9H,1H3,(H,18,19). The zero-order valence-electron chi connectivity index (χ0n) is 10.4. The average molecular weight is 270 g/mol. The summed E-state index contributed by atoms with van der Waals surface area (Å²) in [5.74, 6) is 0.806. The molecule has 0 aliphatic heterocycles. The highest BCUT2D eigenvalue weighted by atomic mass is 35.5. The summed E-state index contributed by atoms with van der Waals surface area (Å²) in [6.07, 6.45) is 1.77. The molecule has 3 rings (SSSR count). The molecule has 19 heavy (non-hydrogen) atoms. The van der Waals surface area contributed by atoms with E-state index in [0.717, 1.165) is 33.1 Å². The van der Waals surface area contributed by atoms with Crippen LogP contribution in [-0.2, 0) is 0 Å². The number of aryl methyl sites for hydroxylation is 1. The molecule has 0 aliphatic carbocycles. The molecule has 0 bridgehead atoms. The molecule has 0 saturated carbocycles. The van der Waals surface area contributed by atoms with E-state index in [1.54, 1.807) is 6.20 Å². The Morgan fingerprint density at radius 3 is 2.58 bits per heavy atom. The SMILES string of the molecule is Cc1nccc2nc(Nc3ccc(Cl)cc3)ccc12. The van der Waals surface area contributed by atoms with E-state index in [0.29, 0.717) is 0 Å². The first-order chi connectivity index (χ1) is 9.22. The number of benzene rings is 1. The van der Waals surface area contributed by atoms with E-state index in [1.165, 1.54) is 0 Å². The fourth-order valence-electron chi connectivity index (χ4n) is 1.95. The number of fused-ring (bicyclic) bond motifs is 1. The highest BCUT2D eigenvalue weighted by Gasteiger charge is 2.01. The molecule has 0 amide bonds. The number of nitrogens with one attached hydrogen (secondary N) is 1. The summed E-state index contributed by atoms with van der Waals surface area (Å²) in [5, 5.41) is 5.05. The van der Waals surface area contributed by atoms with Crippen molar-refractivity contribution in [1.29, 1.82) is 0 Å². The molecule has 3 nitrogen and oxygen atoms in total. The van der Waals surface area contributed by atoms with Crippen LogP contribution in [0.3, 0.4) is 0 Å². The fraction of sp³-hybridized carbons (Fsp3) is 0.0667. The summed E-state index contributed by atoms with van der Waals surface area (Å²) >= 11 is 5.86. The van der Waals surface area contributed by atoms with Gasteiger partial charge in [-0.25, -0.2) is 4.98 Å². The summed E-state index contributed by atoms with van der Waals surface area (Å²) in [6, 6.07) is 13.4. The smallest absolute Gasteiger partial charge is 0.131 e. The molecule has 0 saturated heterocycles. The largest absolute Gasteiger partial charge is 0.340 e. The lowest BCUT2D eigenvalue weighted by Crippen LogP contribution is -1.94. The van der Waals surface area contributed by atoms with Gasteiger partial charge in [0.05, 0.1) is 5.52 Å². The van der Waals surface area contributed by atoms with Gasteiger partial charge in [0.2, 0.25) is 0 Å². The number of hydrogen-bond acceptors (Lipinski definition) is 3. The van der Waals surface area contributed by atoms with Gasteiger partial charge in [-0.1, -0.05) is 11.6 Å². The first kappa shape index (κ1) is 11.9. The van der Waals surface area contributed by atoms with Crippen molar-refractivity contribution in [3.63, 3.8) is 0 Å². The maximum absolute atomic E-state index is 5.86. The van der Waals surface area contributed by atoms with Crippen LogP contribution in [0.2, 0.25) is 5.02 Å². The van der Waals surface area contributed by atoms with E-state index >= 15 is 0 Å². The van der Waals surface area contributed by atoms with Gasteiger partial charge in [-0.2, -0.15) is 0 Å². The van der Waals surface area contributed by atoms with Gasteiger partial charge in [-0.3, -0.25) is 4.98 Å². The summed E-state index contributed by atoms with van der Waals surface area (Å²) in [6.45, 7) is 1.98. The van der Waals surface area contributed by atoms with Crippen molar-refractivity contribution in [2.45, 2.75) is 6.92 Å². The van der Waals surface area contributed by atoms with Crippen molar-refractivity contribution in [2.75, 3.05) is 5.32 Å². The molecule has 0 spiro atoms. The first-order valence-corrected chi connectivity index (χ1v) is 6.35. The quantitative estimate of drug-likeness (QED) is 0.752. The van der Waals surface area contributed by atoms with Crippen LogP contribution in [-0.4, -0.2) is 9.97 Å². The Morgan fingerprint density at radius 2 is 1.79 bits per heavy atom. The minimum Gasteiger partial charge on any atom is -0.340 e. The van der Waals surface area contributed by atoms with Crippen LogP contribution in [0.1, 0.15) is 5.69 Å². The number of pyridine rings is 2. The molecule has 1 aromatic carbocycles. The lowest BCUT2D eigenvalue weighted by atomic mass is 10.2. The zero-order chi connectivity index (χ0) is 13.2. The summed E-state index contributed by atoms with van der Waals surface area (Å²) in [5.41, 5.74) is 2.89. The Hall–Kier alpha value is -2.13. The van der Waals surface area contributed by atoms with Crippen LogP contribution >= 0.6 is 11.6 Å². The molecular weight excluding hydrogens is 258 g/mol. The predicted octanol–water partition coefficient (Wildman–Crippen LogP) is 4.34. The number of hydrogen-bond donors (Lipinski definition) is 1. The Kier molecular flexibility index (Phi) is 3.05. The van der Waals surface area contributed by atoms with Gasteiger partial charge >= 0.3 is 0 Å². The third kappa shape index (κ3) is 2.51. The Balaban J connectivity index is 1.95. The molecule has 0 aliphatic rings. The third-order valence-electron chi connectivity index (χ3n) is 2.93. The van der Waals surface area contributed by atoms with Gasteiger partial charge in [0.1, 0.15) is 5.82 Å². The van der Waals surface area contributed by atoms with E-state index in [9.17, 15) is 0 Å². The van der Waals surface area contributed by atoms with Crippen LogP contribution in [0.5, 0.6) is 0 Å². The summed E-state index contributed by atoms with van der Waals surface area (Å²) in [7, 11) is 0. The summed E-state index contributed by atoms with van der Waals surface area (Å²) in [4.78, 5) is 8.83. The average Bonchev–Trinajstić information content (AvgIpc) is 2.42. The van der Waals surface area contributed by atoms with E-state index in [-0.39, 0.29) is 0 Å². The van der Waals surface area contributed by atoms with E-state index in [2.05, 4.69) is 15.3 Å². The van der Waals surface area contributed by atoms with Crippen molar-refractivity contribution in [2.24, 2.45) is 0 Å². The van der Waals surface area contributed by atoms with Crippen molar-refractivity contribution in [3.05, 3.63) is 59.4 Å². The molecule has 1 N–H and O–H groups in total. The number of rotatable bonds is 2. The first-order valence-electron chi connectivity index (χ1n) is 5.97. The van der Waals surface area contributed by atoms with Crippen molar-refractivity contribution in [3.8, 4) is 0 Å². The van der Waals surface area contributed by atoms with Gasteiger partial charge in [0.15, 0.2) is 0 Å². The monoisotopic (exact) mass is 269 g/mol. The second-order valence-electron chi connectivity index (χ2n) is 4.29. The van der Waals surface area contributed by atoms with Gasteiger partial charge in [-0.05, 0) is 49.4 Å². The van der Waals surface area contributed by atoms with Crippen LogP contribution < -0.4 is 5.32 Å². The molecule has 0 fully saturated rings. The fourth-order valence-corrected chi connectivity index (χ4v) is 2.07. The van der Waals surface area contributed by atoms with Gasteiger partial charge < -0.3 is 5.32 Å². The van der Waals surface area contributed by atoms with Gasteiger partial charge in [-0.15, -0.1) is 0 Å². The molecule has 0 radical (unpaired) electrons. The van der Waals surface area contributed by atoms with Crippen LogP contribution in [0.15, 0.2) is 48.7 Å². The molecule has 94 valence electrons. The highest BCUT2D eigenvalue weighted by molar-refractivity contribution is 6.30. The molecule has 2 heterocycles. The Morgan fingerprint density at radius 1 is 1.00 bits per heavy atom. The second-order valence-corrected chi connectivity index (χ2v) is 4.73. The zero-order valence-corrected chi connectivity index (χ0v) is 11.1. The predicted molar refractivity (Wildman–Crippen MR) is 79.0 cm³/mol. The molecule has 0 atom stereocenters. The van der Waals surface area contributed by atoms with Crippen molar-refractivity contribution >= 4 is 34.0 Å². The Labute approximate surface area is 116 Å². The minimum atomic E-state index is 0.721. The third-order valence-corrected chi connectivity index (χ3v) is 3.18.